The number of likely N-dealkylation sites (tertiary alicyclic amines) is 1. The number of piperidine rings is 1. The van der Waals surface area contributed by atoms with Crippen LogP contribution in [0.3, 0.4) is 0 Å². The van der Waals surface area contributed by atoms with Crippen molar-refractivity contribution in [3.8, 4) is 0 Å². The van der Waals surface area contributed by atoms with Crippen LogP contribution in [0.4, 0.5) is 0 Å². The number of hydrogen-bond donors (Lipinski definition) is 1. The molecule has 108 valence electrons. The van der Waals surface area contributed by atoms with Gasteiger partial charge in [0.2, 0.25) is 5.91 Å². The number of carboxylic acids is 1. The smallest absolute Gasteiger partial charge is 0.341 e. The lowest BCUT2D eigenvalue weighted by molar-refractivity contribution is -0.133. The molecule has 0 atom stereocenters. The number of carboxylic acid groups (broad SMARTS) is 1. The van der Waals surface area contributed by atoms with Gasteiger partial charge in [0.15, 0.2) is 0 Å². The summed E-state index contributed by atoms with van der Waals surface area (Å²) in [6.45, 7) is 3.08. The Hall–Kier alpha value is -2.11. The lowest BCUT2D eigenvalue weighted by atomic mass is 10.1. The third-order valence-electron chi connectivity index (χ3n) is 3.62. The normalized spacial score (nSPS) is 15.4. The van der Waals surface area contributed by atoms with Crippen molar-refractivity contribution in [1.82, 2.24) is 9.47 Å². The van der Waals surface area contributed by atoms with Crippen molar-refractivity contribution >= 4 is 11.9 Å². The Bertz CT molecular complexity index is 591. The highest BCUT2D eigenvalue weighted by Gasteiger charge is 2.19. The molecule has 1 saturated heterocycles. The number of aromatic carboxylic acids is 1. The van der Waals surface area contributed by atoms with E-state index in [9.17, 15) is 14.4 Å². The number of carbonyl (C=O) groups excluding carboxylic acids is 1. The number of rotatable bonds is 4. The first kappa shape index (κ1) is 14.3. The molecule has 0 radical (unpaired) electrons. The van der Waals surface area contributed by atoms with E-state index in [0.29, 0.717) is 31.6 Å². The highest BCUT2D eigenvalue weighted by atomic mass is 16.4. The summed E-state index contributed by atoms with van der Waals surface area (Å²) in [4.78, 5) is 36.5. The van der Waals surface area contributed by atoms with E-state index in [1.807, 2.05) is 0 Å². The fraction of sp³-hybridized carbons (Fsp3) is 0.500. The van der Waals surface area contributed by atoms with Crippen LogP contribution in [-0.4, -0.2) is 39.5 Å². The minimum atomic E-state index is -1.21. The molecule has 1 amide bonds. The van der Waals surface area contributed by atoms with Crippen molar-refractivity contribution in [2.24, 2.45) is 0 Å². The van der Waals surface area contributed by atoms with Gasteiger partial charge in [0, 0.05) is 32.3 Å². The average Bonchev–Trinajstić information content (AvgIpc) is 2.39. The maximum absolute atomic E-state index is 12.1. The SMILES string of the molecule is Cc1ccn(CCN2CCCCC2=O)c(=O)c1C(=O)O. The van der Waals surface area contributed by atoms with Gasteiger partial charge in [0.05, 0.1) is 0 Å². The predicted molar refractivity (Wildman–Crippen MR) is 72.8 cm³/mol. The third-order valence-corrected chi connectivity index (χ3v) is 3.62. The first-order valence-electron chi connectivity index (χ1n) is 6.72. The molecule has 2 rings (SSSR count). The van der Waals surface area contributed by atoms with Crippen molar-refractivity contribution in [3.05, 3.63) is 33.7 Å². The van der Waals surface area contributed by atoms with Crippen LogP contribution >= 0.6 is 0 Å². The molecule has 1 aromatic heterocycles. The molecule has 0 aromatic carbocycles. The second-order valence-electron chi connectivity index (χ2n) is 5.02. The first-order valence-corrected chi connectivity index (χ1v) is 6.72. The quantitative estimate of drug-likeness (QED) is 0.886. The number of nitrogens with zero attached hydrogens (tertiary/aromatic N) is 2. The van der Waals surface area contributed by atoms with Crippen molar-refractivity contribution < 1.29 is 14.7 Å². The summed E-state index contributed by atoms with van der Waals surface area (Å²) in [6, 6.07) is 1.61. The summed E-state index contributed by atoms with van der Waals surface area (Å²) >= 11 is 0. The van der Waals surface area contributed by atoms with Crippen LogP contribution in [0.2, 0.25) is 0 Å². The summed E-state index contributed by atoms with van der Waals surface area (Å²) < 4.78 is 1.36. The van der Waals surface area contributed by atoms with Gasteiger partial charge in [-0.3, -0.25) is 9.59 Å². The van der Waals surface area contributed by atoms with Gasteiger partial charge in [-0.25, -0.2) is 4.79 Å². The average molecular weight is 278 g/mol. The number of aryl methyl sites for hydroxylation is 1. The second kappa shape index (κ2) is 5.90. The topological polar surface area (TPSA) is 79.6 Å². The highest BCUT2D eigenvalue weighted by molar-refractivity contribution is 5.88. The van der Waals surface area contributed by atoms with Crippen molar-refractivity contribution in [3.63, 3.8) is 0 Å². The predicted octanol–water partition coefficient (Wildman–Crippen LogP) is 0.867. The molecule has 1 N–H and O–H groups in total. The monoisotopic (exact) mass is 278 g/mol. The Balaban J connectivity index is 2.14. The lowest BCUT2D eigenvalue weighted by Crippen LogP contribution is -2.39. The van der Waals surface area contributed by atoms with Crippen LogP contribution in [0.5, 0.6) is 0 Å². The van der Waals surface area contributed by atoms with Gasteiger partial charge < -0.3 is 14.6 Å². The minimum absolute atomic E-state index is 0.106. The molecule has 1 aromatic rings. The molecule has 1 aliphatic heterocycles. The van der Waals surface area contributed by atoms with Gasteiger partial charge in [-0.05, 0) is 31.4 Å². The molecule has 20 heavy (non-hydrogen) atoms. The Morgan fingerprint density at radius 2 is 2.05 bits per heavy atom. The van der Waals surface area contributed by atoms with Crippen molar-refractivity contribution in [2.45, 2.75) is 32.7 Å². The molecule has 0 aliphatic carbocycles. The van der Waals surface area contributed by atoms with Crippen LogP contribution in [0.15, 0.2) is 17.1 Å². The molecule has 0 unspecified atom stereocenters. The maximum atomic E-state index is 12.1. The molecule has 6 heteroatoms. The van der Waals surface area contributed by atoms with Gasteiger partial charge in [0.1, 0.15) is 5.56 Å². The maximum Gasteiger partial charge on any atom is 0.341 e. The van der Waals surface area contributed by atoms with E-state index < -0.39 is 11.5 Å². The first-order chi connectivity index (χ1) is 9.50. The van der Waals surface area contributed by atoms with Crippen LogP contribution in [-0.2, 0) is 11.3 Å². The van der Waals surface area contributed by atoms with Gasteiger partial charge in [-0.2, -0.15) is 0 Å². The summed E-state index contributed by atoms with van der Waals surface area (Å²) in [5.74, 6) is -1.11. The Morgan fingerprint density at radius 1 is 1.30 bits per heavy atom. The summed E-state index contributed by atoms with van der Waals surface area (Å²) in [6.07, 6.45) is 4.04. The Labute approximate surface area is 116 Å². The number of hydrogen-bond acceptors (Lipinski definition) is 3. The van der Waals surface area contributed by atoms with E-state index in [2.05, 4.69) is 0 Å². The zero-order chi connectivity index (χ0) is 14.7. The van der Waals surface area contributed by atoms with Crippen LogP contribution in [0.25, 0.3) is 0 Å². The highest BCUT2D eigenvalue weighted by Crippen LogP contribution is 2.10. The van der Waals surface area contributed by atoms with Crippen LogP contribution in [0.1, 0.15) is 35.2 Å². The van der Waals surface area contributed by atoms with E-state index in [4.69, 9.17) is 5.11 Å². The molecule has 1 fully saturated rings. The molecule has 0 bridgehead atoms. The molecule has 6 nitrogen and oxygen atoms in total. The standard InChI is InChI=1S/C14H18N2O4/c1-10-5-7-16(13(18)12(10)14(19)20)9-8-15-6-3-2-4-11(15)17/h5,7H,2-4,6,8-9H2,1H3,(H,19,20). The zero-order valence-corrected chi connectivity index (χ0v) is 11.5. The van der Waals surface area contributed by atoms with Gasteiger partial charge in [-0.15, -0.1) is 0 Å². The molecular weight excluding hydrogens is 260 g/mol. The lowest BCUT2D eigenvalue weighted by Gasteiger charge is -2.26. The van der Waals surface area contributed by atoms with E-state index in [1.54, 1.807) is 24.1 Å². The Kier molecular flexibility index (Phi) is 4.22. The van der Waals surface area contributed by atoms with E-state index in [1.165, 1.54) is 4.57 Å². The number of pyridine rings is 1. The van der Waals surface area contributed by atoms with Crippen LogP contribution < -0.4 is 5.56 Å². The van der Waals surface area contributed by atoms with Crippen LogP contribution in [0, 0.1) is 6.92 Å². The fourth-order valence-electron chi connectivity index (χ4n) is 2.43. The molecule has 0 saturated carbocycles. The fourth-order valence-corrected chi connectivity index (χ4v) is 2.43. The molecule has 1 aliphatic rings. The van der Waals surface area contributed by atoms with E-state index >= 15 is 0 Å². The minimum Gasteiger partial charge on any atom is -0.477 e. The third kappa shape index (κ3) is 2.89. The summed E-state index contributed by atoms with van der Waals surface area (Å²) in [7, 11) is 0. The van der Waals surface area contributed by atoms with Crippen molar-refractivity contribution in [1.29, 1.82) is 0 Å². The van der Waals surface area contributed by atoms with Gasteiger partial charge in [0.25, 0.3) is 5.56 Å². The Morgan fingerprint density at radius 3 is 2.70 bits per heavy atom. The van der Waals surface area contributed by atoms with Gasteiger partial charge >= 0.3 is 5.97 Å². The number of amides is 1. The largest absolute Gasteiger partial charge is 0.477 e. The number of aromatic nitrogens is 1. The second-order valence-corrected chi connectivity index (χ2v) is 5.02. The molecule has 0 spiro atoms. The molecular formula is C14H18N2O4. The van der Waals surface area contributed by atoms with E-state index in [-0.39, 0.29) is 11.5 Å². The summed E-state index contributed by atoms with van der Waals surface area (Å²) in [5, 5.41) is 9.05. The number of carbonyl (C=O) groups is 2. The van der Waals surface area contributed by atoms with E-state index in [0.717, 1.165) is 12.8 Å². The van der Waals surface area contributed by atoms with Gasteiger partial charge in [-0.1, -0.05) is 0 Å². The van der Waals surface area contributed by atoms with Crippen molar-refractivity contribution in [2.75, 3.05) is 13.1 Å². The molecule has 2 heterocycles. The zero-order valence-electron chi connectivity index (χ0n) is 11.5. The summed E-state index contributed by atoms with van der Waals surface area (Å²) in [5.41, 5.74) is -0.257.